The van der Waals surface area contributed by atoms with Gasteiger partial charge in [0.05, 0.1) is 5.02 Å². The molecule has 0 atom stereocenters. The molecule has 0 saturated heterocycles. The molecule has 0 heterocycles. The molecule has 3 nitrogen and oxygen atoms in total. The minimum atomic E-state index is -1.07. The highest BCUT2D eigenvalue weighted by Gasteiger charge is 2.10. The third-order valence-corrected chi connectivity index (χ3v) is 3.00. The first-order valence-electron chi connectivity index (χ1n) is 6.11. The van der Waals surface area contributed by atoms with Gasteiger partial charge < -0.3 is 9.84 Å². The lowest BCUT2D eigenvalue weighted by molar-refractivity contribution is -0.131. The number of carboxylic acid groups (broad SMARTS) is 1. The Morgan fingerprint density at radius 1 is 1.29 bits per heavy atom. The molecule has 0 fully saturated rings. The second-order valence-corrected chi connectivity index (χ2v) is 4.77. The monoisotopic (exact) mass is 306 g/mol. The Hall–Kier alpha value is -2.33. The quantitative estimate of drug-likeness (QED) is 0.834. The first-order chi connectivity index (χ1) is 9.97. The van der Waals surface area contributed by atoms with Crippen LogP contribution in [-0.4, -0.2) is 11.1 Å². The lowest BCUT2D eigenvalue weighted by Gasteiger charge is -2.11. The number of ether oxygens (including phenoxy) is 1. The second kappa shape index (κ2) is 6.41. The molecule has 0 aliphatic heterocycles. The van der Waals surface area contributed by atoms with Gasteiger partial charge >= 0.3 is 5.97 Å². The number of hydrogen-bond acceptors (Lipinski definition) is 2. The van der Waals surface area contributed by atoms with Crippen LogP contribution in [0.15, 0.2) is 42.5 Å². The van der Waals surface area contributed by atoms with Crippen LogP contribution in [0.4, 0.5) is 4.39 Å². The highest BCUT2D eigenvalue weighted by molar-refractivity contribution is 6.30. The Balaban J connectivity index is 2.39. The molecule has 0 aliphatic carbocycles. The van der Waals surface area contributed by atoms with E-state index in [1.807, 2.05) is 6.92 Å². The summed E-state index contributed by atoms with van der Waals surface area (Å²) in [5, 5.41) is 8.66. The number of benzene rings is 2. The Labute approximate surface area is 126 Å². The summed E-state index contributed by atoms with van der Waals surface area (Å²) in [6.07, 6.45) is 2.39. The number of rotatable bonds is 4. The molecule has 2 aromatic carbocycles. The van der Waals surface area contributed by atoms with Crippen LogP contribution in [0.3, 0.4) is 0 Å². The molecule has 2 aromatic rings. The summed E-state index contributed by atoms with van der Waals surface area (Å²) in [5.41, 5.74) is 1.47. The van der Waals surface area contributed by atoms with Gasteiger partial charge in [-0.25, -0.2) is 9.18 Å². The predicted molar refractivity (Wildman–Crippen MR) is 79.3 cm³/mol. The van der Waals surface area contributed by atoms with E-state index < -0.39 is 11.8 Å². The maximum Gasteiger partial charge on any atom is 0.328 e. The van der Waals surface area contributed by atoms with Gasteiger partial charge in [0.15, 0.2) is 11.6 Å². The Morgan fingerprint density at radius 3 is 2.76 bits per heavy atom. The summed E-state index contributed by atoms with van der Waals surface area (Å²) >= 11 is 5.70. The maximum atomic E-state index is 13.8. The van der Waals surface area contributed by atoms with E-state index in [9.17, 15) is 9.18 Å². The normalized spacial score (nSPS) is 10.8. The van der Waals surface area contributed by atoms with E-state index in [4.69, 9.17) is 21.4 Å². The highest BCUT2D eigenvalue weighted by atomic mass is 35.5. The van der Waals surface area contributed by atoms with E-state index in [1.165, 1.54) is 18.2 Å². The molecule has 0 spiro atoms. The lowest BCUT2D eigenvalue weighted by Crippen LogP contribution is -1.93. The highest BCUT2D eigenvalue weighted by Crippen LogP contribution is 2.31. The van der Waals surface area contributed by atoms with Crippen molar-refractivity contribution in [3.63, 3.8) is 0 Å². The maximum absolute atomic E-state index is 13.8. The number of aliphatic carboxylic acids is 1. The van der Waals surface area contributed by atoms with Crippen LogP contribution >= 0.6 is 11.6 Å². The fourth-order valence-corrected chi connectivity index (χ4v) is 1.90. The molecule has 0 aromatic heterocycles. The van der Waals surface area contributed by atoms with Crippen LogP contribution in [0.1, 0.15) is 11.1 Å². The number of carboxylic acids is 1. The van der Waals surface area contributed by atoms with E-state index >= 15 is 0 Å². The molecule has 2 rings (SSSR count). The fourth-order valence-electron chi connectivity index (χ4n) is 1.73. The van der Waals surface area contributed by atoms with Crippen LogP contribution in [0.25, 0.3) is 6.08 Å². The van der Waals surface area contributed by atoms with Gasteiger partial charge in [0.1, 0.15) is 5.75 Å². The zero-order chi connectivity index (χ0) is 15.4. The fraction of sp³-hybridized carbons (Fsp3) is 0.0625. The average Bonchev–Trinajstić information content (AvgIpc) is 2.43. The van der Waals surface area contributed by atoms with E-state index in [0.717, 1.165) is 11.6 Å². The van der Waals surface area contributed by atoms with Crippen molar-refractivity contribution >= 4 is 23.6 Å². The molecule has 0 bridgehead atoms. The third-order valence-electron chi connectivity index (χ3n) is 2.71. The molecule has 0 unspecified atom stereocenters. The zero-order valence-electron chi connectivity index (χ0n) is 11.1. The summed E-state index contributed by atoms with van der Waals surface area (Å²) in [5.74, 6) is -1.40. The van der Waals surface area contributed by atoms with Gasteiger partial charge in [-0.1, -0.05) is 29.3 Å². The number of aryl methyl sites for hydroxylation is 1. The van der Waals surface area contributed by atoms with Crippen LogP contribution in [0, 0.1) is 12.7 Å². The standard InChI is InChI=1S/C16H12ClFO3/c1-10-5-7-13(11(9-10)6-8-15(19)20)21-14-4-2-3-12(17)16(14)18/h2-9H,1H3,(H,19,20)/b8-6+. The van der Waals surface area contributed by atoms with Crippen LogP contribution < -0.4 is 4.74 Å². The molecule has 1 N–H and O–H groups in total. The van der Waals surface area contributed by atoms with Crippen molar-refractivity contribution in [3.8, 4) is 11.5 Å². The summed E-state index contributed by atoms with van der Waals surface area (Å²) in [7, 11) is 0. The largest absolute Gasteiger partial charge is 0.478 e. The van der Waals surface area contributed by atoms with Crippen molar-refractivity contribution in [2.75, 3.05) is 0 Å². The molecule has 0 saturated carbocycles. The molecule has 21 heavy (non-hydrogen) atoms. The van der Waals surface area contributed by atoms with Crippen molar-refractivity contribution in [3.05, 3.63) is 64.4 Å². The minimum Gasteiger partial charge on any atom is -0.478 e. The van der Waals surface area contributed by atoms with Gasteiger partial charge in [0.25, 0.3) is 0 Å². The van der Waals surface area contributed by atoms with Crippen molar-refractivity contribution in [2.24, 2.45) is 0 Å². The van der Waals surface area contributed by atoms with Crippen LogP contribution in [0.2, 0.25) is 5.02 Å². The van der Waals surface area contributed by atoms with E-state index in [1.54, 1.807) is 24.3 Å². The van der Waals surface area contributed by atoms with Gasteiger partial charge in [-0.2, -0.15) is 0 Å². The summed E-state index contributed by atoms with van der Waals surface area (Å²) in [6.45, 7) is 1.86. The second-order valence-electron chi connectivity index (χ2n) is 4.37. The molecule has 5 heteroatoms. The number of carbonyl (C=O) groups is 1. The first kappa shape index (κ1) is 15.1. The Kier molecular flexibility index (Phi) is 4.60. The Bertz CT molecular complexity index is 711. The van der Waals surface area contributed by atoms with Crippen molar-refractivity contribution < 1.29 is 19.0 Å². The summed E-state index contributed by atoms with van der Waals surface area (Å²) < 4.78 is 19.3. The van der Waals surface area contributed by atoms with Crippen LogP contribution in [0.5, 0.6) is 11.5 Å². The lowest BCUT2D eigenvalue weighted by atomic mass is 10.1. The van der Waals surface area contributed by atoms with Gasteiger partial charge in [-0.05, 0) is 37.3 Å². The minimum absolute atomic E-state index is 0.0173. The third kappa shape index (κ3) is 3.83. The predicted octanol–water partition coefficient (Wildman–Crippen LogP) is 4.68. The molecule has 0 radical (unpaired) electrons. The molecule has 0 aliphatic rings. The number of hydrogen-bond donors (Lipinski definition) is 1. The Morgan fingerprint density at radius 2 is 2.05 bits per heavy atom. The molecular formula is C16H12ClFO3. The zero-order valence-corrected chi connectivity index (χ0v) is 11.9. The molecule has 0 amide bonds. The molecule has 108 valence electrons. The van der Waals surface area contributed by atoms with Crippen molar-refractivity contribution in [1.82, 2.24) is 0 Å². The van der Waals surface area contributed by atoms with E-state index in [0.29, 0.717) is 11.3 Å². The summed E-state index contributed by atoms with van der Waals surface area (Å²) in [6, 6.07) is 9.63. The van der Waals surface area contributed by atoms with Gasteiger partial charge in [0.2, 0.25) is 0 Å². The van der Waals surface area contributed by atoms with Gasteiger partial charge in [-0.15, -0.1) is 0 Å². The number of halogens is 2. The molecular weight excluding hydrogens is 295 g/mol. The average molecular weight is 307 g/mol. The smallest absolute Gasteiger partial charge is 0.328 e. The van der Waals surface area contributed by atoms with Gasteiger partial charge in [0, 0.05) is 11.6 Å². The van der Waals surface area contributed by atoms with Crippen molar-refractivity contribution in [2.45, 2.75) is 6.92 Å². The first-order valence-corrected chi connectivity index (χ1v) is 6.48. The van der Waals surface area contributed by atoms with Gasteiger partial charge in [-0.3, -0.25) is 0 Å². The topological polar surface area (TPSA) is 46.5 Å². The SMILES string of the molecule is Cc1ccc(Oc2cccc(Cl)c2F)c(/C=C/C(=O)O)c1. The van der Waals surface area contributed by atoms with E-state index in [2.05, 4.69) is 0 Å². The summed E-state index contributed by atoms with van der Waals surface area (Å²) in [4.78, 5) is 10.6. The van der Waals surface area contributed by atoms with E-state index in [-0.39, 0.29) is 10.8 Å². The van der Waals surface area contributed by atoms with Crippen LogP contribution in [-0.2, 0) is 4.79 Å². The van der Waals surface area contributed by atoms with Crippen molar-refractivity contribution in [1.29, 1.82) is 0 Å².